The van der Waals surface area contributed by atoms with Crippen molar-refractivity contribution < 1.29 is 9.13 Å². The molecule has 1 aromatic carbocycles. The lowest BCUT2D eigenvalue weighted by atomic mass is 10.0. The maximum atomic E-state index is 14.3. The summed E-state index contributed by atoms with van der Waals surface area (Å²) in [6, 6.07) is 5.24. The number of aryl methyl sites for hydroxylation is 2. The Labute approximate surface area is 124 Å². The van der Waals surface area contributed by atoms with Crippen molar-refractivity contribution >= 4 is 5.82 Å². The molecule has 2 rings (SSSR count). The van der Waals surface area contributed by atoms with Crippen LogP contribution in [0.4, 0.5) is 10.2 Å². The van der Waals surface area contributed by atoms with Crippen molar-refractivity contribution in [2.75, 3.05) is 19.0 Å². The van der Waals surface area contributed by atoms with E-state index in [2.05, 4.69) is 15.3 Å². The van der Waals surface area contributed by atoms with Crippen LogP contribution >= 0.6 is 0 Å². The first-order valence-corrected chi connectivity index (χ1v) is 6.93. The Morgan fingerprint density at radius 3 is 2.57 bits per heavy atom. The van der Waals surface area contributed by atoms with Crippen molar-refractivity contribution in [3.8, 4) is 11.3 Å². The second kappa shape index (κ2) is 6.63. The van der Waals surface area contributed by atoms with Crippen LogP contribution in [0.25, 0.3) is 11.3 Å². The molecule has 0 unspecified atom stereocenters. The van der Waals surface area contributed by atoms with Crippen molar-refractivity contribution in [2.45, 2.75) is 27.4 Å². The van der Waals surface area contributed by atoms with Gasteiger partial charge in [-0.3, -0.25) is 0 Å². The Morgan fingerprint density at radius 2 is 1.95 bits per heavy atom. The molecule has 1 heterocycles. The summed E-state index contributed by atoms with van der Waals surface area (Å²) in [7, 11) is 1.58. The monoisotopic (exact) mass is 289 g/mol. The summed E-state index contributed by atoms with van der Waals surface area (Å²) in [5.74, 6) is 0.941. The number of halogens is 1. The molecule has 0 bridgehead atoms. The van der Waals surface area contributed by atoms with Crippen molar-refractivity contribution in [3.63, 3.8) is 0 Å². The van der Waals surface area contributed by atoms with E-state index in [4.69, 9.17) is 4.74 Å². The zero-order chi connectivity index (χ0) is 15.4. The molecule has 4 nitrogen and oxygen atoms in total. The Hall–Kier alpha value is -2.01. The summed E-state index contributed by atoms with van der Waals surface area (Å²) >= 11 is 0. The van der Waals surface area contributed by atoms with E-state index in [1.807, 2.05) is 26.8 Å². The van der Waals surface area contributed by atoms with Gasteiger partial charge in [-0.1, -0.05) is 6.07 Å². The highest BCUT2D eigenvalue weighted by atomic mass is 19.1. The average molecular weight is 289 g/mol. The summed E-state index contributed by atoms with van der Waals surface area (Å²) in [5.41, 5.74) is 2.84. The van der Waals surface area contributed by atoms with Crippen LogP contribution < -0.4 is 5.32 Å². The molecule has 0 atom stereocenters. The van der Waals surface area contributed by atoms with Crippen LogP contribution in [0.1, 0.15) is 23.9 Å². The van der Waals surface area contributed by atoms with E-state index in [1.165, 1.54) is 6.07 Å². The van der Waals surface area contributed by atoms with Gasteiger partial charge in [-0.05, 0) is 38.0 Å². The van der Waals surface area contributed by atoms with Gasteiger partial charge in [-0.2, -0.15) is 0 Å². The quantitative estimate of drug-likeness (QED) is 0.915. The maximum absolute atomic E-state index is 14.3. The first kappa shape index (κ1) is 15.4. The number of hydrogen-bond donors (Lipinski definition) is 1. The molecule has 0 saturated heterocycles. The Kier molecular flexibility index (Phi) is 4.85. The smallest absolute Gasteiger partial charge is 0.157 e. The van der Waals surface area contributed by atoms with Gasteiger partial charge in [0, 0.05) is 25.3 Å². The number of hydrogen-bond acceptors (Lipinski definition) is 4. The van der Waals surface area contributed by atoms with Crippen molar-refractivity contribution in [2.24, 2.45) is 0 Å². The first-order valence-electron chi connectivity index (χ1n) is 6.93. The molecule has 0 aliphatic carbocycles. The van der Waals surface area contributed by atoms with Gasteiger partial charge in [-0.15, -0.1) is 0 Å². The molecule has 0 spiro atoms. The van der Waals surface area contributed by atoms with E-state index >= 15 is 0 Å². The topological polar surface area (TPSA) is 47.0 Å². The van der Waals surface area contributed by atoms with E-state index in [0.29, 0.717) is 29.5 Å². The zero-order valence-electron chi connectivity index (χ0n) is 12.8. The summed E-state index contributed by atoms with van der Waals surface area (Å²) in [6.45, 7) is 6.77. The highest BCUT2D eigenvalue weighted by Crippen LogP contribution is 2.27. The van der Waals surface area contributed by atoms with Gasteiger partial charge in [0.05, 0.1) is 5.69 Å². The van der Waals surface area contributed by atoms with E-state index in [-0.39, 0.29) is 5.82 Å². The number of rotatable bonds is 5. The van der Waals surface area contributed by atoms with Gasteiger partial charge in [0.15, 0.2) is 5.82 Å². The third-order valence-corrected chi connectivity index (χ3v) is 3.09. The number of benzene rings is 1. The molecule has 0 radical (unpaired) electrons. The minimum absolute atomic E-state index is 0.267. The predicted octanol–water partition coefficient (Wildman–Crippen LogP) is 3.48. The maximum Gasteiger partial charge on any atom is 0.157 e. The van der Waals surface area contributed by atoms with Crippen LogP contribution in [0, 0.1) is 19.7 Å². The molecule has 2 aromatic rings. The average Bonchev–Trinajstić information content (AvgIpc) is 2.38. The molecular formula is C16H20FN3O. The second-order valence-corrected chi connectivity index (χ2v) is 4.96. The fraction of sp³-hybridized carbons (Fsp3) is 0.375. The highest BCUT2D eigenvalue weighted by molar-refractivity contribution is 5.67. The van der Waals surface area contributed by atoms with Gasteiger partial charge in [0.2, 0.25) is 0 Å². The van der Waals surface area contributed by atoms with Crippen molar-refractivity contribution in [1.29, 1.82) is 0 Å². The van der Waals surface area contributed by atoms with Crippen molar-refractivity contribution in [1.82, 2.24) is 9.97 Å². The third kappa shape index (κ3) is 3.55. The molecule has 0 saturated carbocycles. The number of aromatic nitrogens is 2. The SMILES string of the molecule is CCNc1cc(-c2c(C)cc(C)cc2F)nc(COC)n1. The fourth-order valence-electron chi connectivity index (χ4n) is 2.33. The van der Waals surface area contributed by atoms with Crippen LogP contribution in [-0.4, -0.2) is 23.6 Å². The van der Waals surface area contributed by atoms with Crippen LogP contribution in [0.3, 0.4) is 0 Å². The van der Waals surface area contributed by atoms with Crippen LogP contribution in [-0.2, 0) is 11.3 Å². The first-order chi connectivity index (χ1) is 10.0. The minimum atomic E-state index is -0.267. The standard InChI is InChI=1S/C16H20FN3O/c1-5-18-14-8-13(19-15(20-14)9-21-4)16-11(3)6-10(2)7-12(16)17/h6-8H,5,9H2,1-4H3,(H,18,19,20). The number of ether oxygens (including phenoxy) is 1. The summed E-state index contributed by atoms with van der Waals surface area (Å²) < 4.78 is 19.4. The van der Waals surface area contributed by atoms with E-state index in [1.54, 1.807) is 13.2 Å². The van der Waals surface area contributed by atoms with Gasteiger partial charge < -0.3 is 10.1 Å². The normalized spacial score (nSPS) is 10.7. The summed E-state index contributed by atoms with van der Waals surface area (Å²) in [5, 5.41) is 3.14. The summed E-state index contributed by atoms with van der Waals surface area (Å²) in [4.78, 5) is 8.76. The second-order valence-electron chi connectivity index (χ2n) is 4.96. The van der Waals surface area contributed by atoms with Crippen LogP contribution in [0.15, 0.2) is 18.2 Å². The molecule has 0 fully saturated rings. The molecule has 112 valence electrons. The minimum Gasteiger partial charge on any atom is -0.377 e. The molecule has 0 aliphatic rings. The number of nitrogens with zero attached hydrogens (tertiary/aromatic N) is 2. The number of methoxy groups -OCH3 is 1. The molecule has 1 aromatic heterocycles. The Morgan fingerprint density at radius 1 is 1.19 bits per heavy atom. The Balaban J connectivity index is 2.57. The zero-order valence-corrected chi connectivity index (χ0v) is 12.8. The number of nitrogens with one attached hydrogen (secondary N) is 1. The largest absolute Gasteiger partial charge is 0.377 e. The third-order valence-electron chi connectivity index (χ3n) is 3.09. The highest BCUT2D eigenvalue weighted by Gasteiger charge is 2.13. The summed E-state index contributed by atoms with van der Waals surface area (Å²) in [6.07, 6.45) is 0. The molecule has 1 N–H and O–H groups in total. The van der Waals surface area contributed by atoms with E-state index in [9.17, 15) is 4.39 Å². The van der Waals surface area contributed by atoms with Crippen molar-refractivity contribution in [3.05, 3.63) is 41.0 Å². The molecular weight excluding hydrogens is 269 g/mol. The fourth-order valence-corrected chi connectivity index (χ4v) is 2.33. The molecule has 5 heteroatoms. The lowest BCUT2D eigenvalue weighted by Crippen LogP contribution is -2.06. The molecule has 0 amide bonds. The van der Waals surface area contributed by atoms with Gasteiger partial charge >= 0.3 is 0 Å². The lowest BCUT2D eigenvalue weighted by Gasteiger charge is -2.12. The van der Waals surface area contributed by atoms with E-state index in [0.717, 1.165) is 17.7 Å². The lowest BCUT2D eigenvalue weighted by molar-refractivity contribution is 0.178. The van der Waals surface area contributed by atoms with Gasteiger partial charge in [-0.25, -0.2) is 14.4 Å². The van der Waals surface area contributed by atoms with E-state index < -0.39 is 0 Å². The molecule has 21 heavy (non-hydrogen) atoms. The van der Waals surface area contributed by atoms with Gasteiger partial charge in [0.1, 0.15) is 18.2 Å². The predicted molar refractivity (Wildman–Crippen MR) is 81.8 cm³/mol. The van der Waals surface area contributed by atoms with Crippen LogP contribution in [0.5, 0.6) is 0 Å². The molecule has 0 aliphatic heterocycles. The Bertz CT molecular complexity index is 596. The van der Waals surface area contributed by atoms with Crippen LogP contribution in [0.2, 0.25) is 0 Å². The number of anilines is 1. The van der Waals surface area contributed by atoms with Gasteiger partial charge in [0.25, 0.3) is 0 Å².